The van der Waals surface area contributed by atoms with Crippen molar-refractivity contribution in [1.29, 1.82) is 0 Å². The summed E-state index contributed by atoms with van der Waals surface area (Å²) in [6, 6.07) is 19.9. The first-order chi connectivity index (χ1) is 16.8. The molecule has 35 heavy (non-hydrogen) atoms. The van der Waals surface area contributed by atoms with Crippen LogP contribution in [-0.2, 0) is 6.61 Å². The molecule has 10 heteroatoms. The molecule has 176 valence electrons. The highest BCUT2D eigenvalue weighted by Crippen LogP contribution is 2.35. The second kappa shape index (κ2) is 10.5. The minimum absolute atomic E-state index is 0.000442. The third-order valence-corrected chi connectivity index (χ3v) is 5.91. The fourth-order valence-electron chi connectivity index (χ4n) is 3.30. The molecular weight excluding hydrogens is 538 g/mol. The van der Waals surface area contributed by atoms with Gasteiger partial charge in [-0.25, -0.2) is 5.43 Å². The van der Waals surface area contributed by atoms with Gasteiger partial charge in [-0.2, -0.15) is 5.10 Å². The topological polar surface area (TPSA) is 114 Å². The molecular formula is C25H17BrClN3O5. The van der Waals surface area contributed by atoms with Gasteiger partial charge in [0.25, 0.3) is 11.6 Å². The van der Waals surface area contributed by atoms with Gasteiger partial charge >= 0.3 is 0 Å². The molecule has 0 heterocycles. The standard InChI is InChI=1S/C25H17BrClN3O5/c26-21-9-16(10-22(27)24(21)35-14-15-5-7-19(8-6-15)30(33)34)13-28-29-25(32)20-11-17-3-1-2-4-18(17)12-23(20)31/h1-13,31H,14H2,(H,29,32). The zero-order chi connectivity index (χ0) is 24.9. The largest absolute Gasteiger partial charge is 0.507 e. The quantitative estimate of drug-likeness (QED) is 0.160. The Morgan fingerprint density at radius 3 is 2.46 bits per heavy atom. The van der Waals surface area contributed by atoms with Gasteiger partial charge in [0.2, 0.25) is 0 Å². The second-order valence-corrected chi connectivity index (χ2v) is 8.70. The van der Waals surface area contributed by atoms with Crippen LogP contribution < -0.4 is 10.2 Å². The maximum Gasteiger partial charge on any atom is 0.275 e. The van der Waals surface area contributed by atoms with Crippen molar-refractivity contribution in [3.05, 3.63) is 109 Å². The van der Waals surface area contributed by atoms with E-state index < -0.39 is 10.8 Å². The highest BCUT2D eigenvalue weighted by molar-refractivity contribution is 9.10. The summed E-state index contributed by atoms with van der Waals surface area (Å²) in [5.74, 6) is -0.304. The molecule has 0 aromatic heterocycles. The molecule has 0 aliphatic carbocycles. The monoisotopic (exact) mass is 553 g/mol. The van der Waals surface area contributed by atoms with Crippen molar-refractivity contribution in [2.24, 2.45) is 5.10 Å². The Hall–Kier alpha value is -3.95. The van der Waals surface area contributed by atoms with E-state index >= 15 is 0 Å². The van der Waals surface area contributed by atoms with Gasteiger partial charge in [-0.05, 0) is 74.2 Å². The third kappa shape index (κ3) is 5.76. The van der Waals surface area contributed by atoms with Crippen LogP contribution in [0.3, 0.4) is 0 Å². The number of carbonyl (C=O) groups is 1. The molecule has 0 spiro atoms. The summed E-state index contributed by atoms with van der Waals surface area (Å²) in [5.41, 5.74) is 3.83. The summed E-state index contributed by atoms with van der Waals surface area (Å²) >= 11 is 9.77. The van der Waals surface area contributed by atoms with Crippen molar-refractivity contribution in [2.75, 3.05) is 0 Å². The van der Waals surface area contributed by atoms with Crippen molar-refractivity contribution in [1.82, 2.24) is 5.43 Å². The SMILES string of the molecule is O=C(NN=Cc1cc(Cl)c(OCc2ccc([N+](=O)[O-])cc2)c(Br)c1)c1cc2ccccc2cc1O. The van der Waals surface area contributed by atoms with E-state index in [4.69, 9.17) is 16.3 Å². The number of rotatable bonds is 7. The number of hydrogen-bond acceptors (Lipinski definition) is 6. The van der Waals surface area contributed by atoms with E-state index in [-0.39, 0.29) is 23.6 Å². The van der Waals surface area contributed by atoms with Crippen LogP contribution in [0.25, 0.3) is 10.8 Å². The average molecular weight is 555 g/mol. The number of carbonyl (C=O) groups excluding carboxylic acids is 1. The molecule has 0 saturated carbocycles. The number of hydrazone groups is 1. The maximum absolute atomic E-state index is 12.5. The number of amides is 1. The summed E-state index contributed by atoms with van der Waals surface area (Å²) < 4.78 is 6.33. The number of halogens is 2. The van der Waals surface area contributed by atoms with Gasteiger partial charge in [-0.1, -0.05) is 35.9 Å². The highest BCUT2D eigenvalue weighted by Gasteiger charge is 2.13. The van der Waals surface area contributed by atoms with Crippen molar-refractivity contribution in [3.63, 3.8) is 0 Å². The van der Waals surface area contributed by atoms with Gasteiger partial charge in [0.15, 0.2) is 5.75 Å². The molecule has 4 aromatic carbocycles. The van der Waals surface area contributed by atoms with Crippen LogP contribution in [0.1, 0.15) is 21.5 Å². The first-order valence-corrected chi connectivity index (χ1v) is 11.4. The predicted molar refractivity (Wildman–Crippen MR) is 137 cm³/mol. The smallest absolute Gasteiger partial charge is 0.275 e. The molecule has 0 bridgehead atoms. The molecule has 4 aromatic rings. The Morgan fingerprint density at radius 1 is 1.11 bits per heavy atom. The molecule has 2 N–H and O–H groups in total. The van der Waals surface area contributed by atoms with Crippen LogP contribution in [0.2, 0.25) is 5.02 Å². The van der Waals surface area contributed by atoms with Crippen molar-refractivity contribution < 1.29 is 19.6 Å². The fraction of sp³-hybridized carbons (Fsp3) is 0.0400. The van der Waals surface area contributed by atoms with E-state index in [9.17, 15) is 20.0 Å². The molecule has 0 atom stereocenters. The molecule has 0 aliphatic rings. The number of fused-ring (bicyclic) bond motifs is 1. The van der Waals surface area contributed by atoms with Gasteiger partial charge < -0.3 is 9.84 Å². The maximum atomic E-state index is 12.5. The molecule has 0 fully saturated rings. The van der Waals surface area contributed by atoms with Crippen LogP contribution in [0.15, 0.2) is 82.4 Å². The number of ether oxygens (including phenoxy) is 1. The van der Waals surface area contributed by atoms with Crippen molar-refractivity contribution in [2.45, 2.75) is 6.61 Å². The molecule has 1 amide bonds. The van der Waals surface area contributed by atoms with Gasteiger partial charge in [-0.3, -0.25) is 14.9 Å². The molecule has 8 nitrogen and oxygen atoms in total. The minimum atomic E-state index is -0.558. The third-order valence-electron chi connectivity index (χ3n) is 5.04. The number of nitrogens with one attached hydrogen (secondary N) is 1. The number of phenolic OH excluding ortho intramolecular Hbond substituents is 1. The average Bonchev–Trinajstić information content (AvgIpc) is 2.83. The Balaban J connectivity index is 1.42. The number of nitrogens with zero attached hydrogens (tertiary/aromatic N) is 2. The number of phenols is 1. The number of nitro groups is 1. The van der Waals surface area contributed by atoms with Crippen LogP contribution in [0.5, 0.6) is 11.5 Å². The first-order valence-electron chi connectivity index (χ1n) is 10.2. The normalized spacial score (nSPS) is 11.0. The van der Waals surface area contributed by atoms with Gasteiger partial charge in [0.05, 0.1) is 26.2 Å². The van der Waals surface area contributed by atoms with E-state index in [1.54, 1.807) is 30.3 Å². The van der Waals surface area contributed by atoms with E-state index in [0.717, 1.165) is 16.3 Å². The Labute approximate surface area is 213 Å². The van der Waals surface area contributed by atoms with Crippen LogP contribution in [-0.4, -0.2) is 22.2 Å². The van der Waals surface area contributed by atoms with Gasteiger partial charge in [-0.15, -0.1) is 0 Å². The summed E-state index contributed by atoms with van der Waals surface area (Å²) in [7, 11) is 0. The van der Waals surface area contributed by atoms with E-state index in [1.165, 1.54) is 24.4 Å². The van der Waals surface area contributed by atoms with Gasteiger partial charge in [0, 0.05) is 12.1 Å². The second-order valence-electron chi connectivity index (χ2n) is 7.44. The van der Waals surface area contributed by atoms with Crippen LogP contribution >= 0.6 is 27.5 Å². The Morgan fingerprint density at radius 2 is 1.80 bits per heavy atom. The zero-order valence-electron chi connectivity index (χ0n) is 17.9. The lowest BCUT2D eigenvalue weighted by Crippen LogP contribution is -2.17. The lowest BCUT2D eigenvalue weighted by molar-refractivity contribution is -0.384. The lowest BCUT2D eigenvalue weighted by Gasteiger charge is -2.11. The van der Waals surface area contributed by atoms with Crippen molar-refractivity contribution in [3.8, 4) is 11.5 Å². The molecule has 0 saturated heterocycles. The van der Waals surface area contributed by atoms with Crippen LogP contribution in [0, 0.1) is 10.1 Å². The summed E-state index contributed by atoms with van der Waals surface area (Å²) in [6.45, 7) is 0.162. The van der Waals surface area contributed by atoms with E-state index in [1.807, 2.05) is 24.3 Å². The number of hydrogen-bond donors (Lipinski definition) is 2. The number of aromatic hydroxyl groups is 1. The Kier molecular flexibility index (Phi) is 7.28. The molecule has 4 rings (SSSR count). The minimum Gasteiger partial charge on any atom is -0.507 e. The number of nitro benzene ring substituents is 1. The molecule has 0 radical (unpaired) electrons. The highest BCUT2D eigenvalue weighted by atomic mass is 79.9. The van der Waals surface area contributed by atoms with Crippen LogP contribution in [0.4, 0.5) is 5.69 Å². The number of benzene rings is 4. The fourth-order valence-corrected chi connectivity index (χ4v) is 4.29. The zero-order valence-corrected chi connectivity index (χ0v) is 20.3. The van der Waals surface area contributed by atoms with Crippen molar-refractivity contribution >= 4 is 56.1 Å². The van der Waals surface area contributed by atoms with E-state index in [2.05, 4.69) is 26.5 Å². The van der Waals surface area contributed by atoms with Gasteiger partial charge in [0.1, 0.15) is 12.4 Å². The summed E-state index contributed by atoms with van der Waals surface area (Å²) in [6.07, 6.45) is 1.41. The Bertz CT molecular complexity index is 1430. The number of non-ortho nitro benzene ring substituents is 1. The predicted octanol–water partition coefficient (Wildman–Crippen LogP) is 6.21. The van der Waals surface area contributed by atoms with E-state index in [0.29, 0.717) is 20.8 Å². The molecule has 0 aliphatic heterocycles. The summed E-state index contributed by atoms with van der Waals surface area (Å²) in [5, 5.41) is 26.9. The lowest BCUT2D eigenvalue weighted by atomic mass is 10.1. The first kappa shape index (κ1) is 24.2. The summed E-state index contributed by atoms with van der Waals surface area (Å²) in [4.78, 5) is 22.8. The molecule has 0 unspecified atom stereocenters.